The number of benzene rings is 1. The SMILES string of the molecule is CCCc1ccccc1OCC(C)C.O=C(O)O. The maximum atomic E-state index is 8.56. The van der Waals surface area contributed by atoms with Crippen molar-refractivity contribution < 1.29 is 19.7 Å². The standard InChI is InChI=1S/C13H20O.CH2O3/c1-4-7-12-8-5-6-9-13(12)14-10-11(2)3;2-1(3)4/h5-6,8-9,11H,4,7,10H2,1-3H3;(H2,2,3,4). The Morgan fingerprint density at radius 3 is 2.33 bits per heavy atom. The van der Waals surface area contributed by atoms with Crippen molar-refractivity contribution in [1.29, 1.82) is 0 Å². The van der Waals surface area contributed by atoms with Gasteiger partial charge in [0.05, 0.1) is 6.61 Å². The van der Waals surface area contributed by atoms with Crippen molar-refractivity contribution in [2.75, 3.05) is 6.61 Å². The predicted molar refractivity (Wildman–Crippen MR) is 71.4 cm³/mol. The van der Waals surface area contributed by atoms with Crippen LogP contribution in [0.15, 0.2) is 24.3 Å². The summed E-state index contributed by atoms with van der Waals surface area (Å²) in [5.41, 5.74) is 1.33. The number of para-hydroxylation sites is 1. The number of ether oxygens (including phenoxy) is 1. The summed E-state index contributed by atoms with van der Waals surface area (Å²) in [6, 6.07) is 8.33. The molecule has 2 N–H and O–H groups in total. The van der Waals surface area contributed by atoms with Crippen molar-refractivity contribution in [2.45, 2.75) is 33.6 Å². The average Bonchev–Trinajstić information content (AvgIpc) is 2.27. The van der Waals surface area contributed by atoms with Gasteiger partial charge in [0.1, 0.15) is 5.75 Å². The van der Waals surface area contributed by atoms with Crippen LogP contribution in [0, 0.1) is 5.92 Å². The zero-order valence-electron chi connectivity index (χ0n) is 11.2. The van der Waals surface area contributed by atoms with Gasteiger partial charge in [-0.1, -0.05) is 45.4 Å². The molecule has 0 heterocycles. The van der Waals surface area contributed by atoms with Crippen molar-refractivity contribution in [3.8, 4) is 5.75 Å². The normalized spacial score (nSPS) is 9.56. The molecule has 0 atom stereocenters. The summed E-state index contributed by atoms with van der Waals surface area (Å²) in [5.74, 6) is 1.65. The first-order chi connectivity index (χ1) is 8.47. The lowest BCUT2D eigenvalue weighted by Crippen LogP contribution is -2.06. The molecular formula is C14H22O4. The largest absolute Gasteiger partial charge is 0.503 e. The molecule has 1 aromatic rings. The lowest BCUT2D eigenvalue weighted by Gasteiger charge is -2.12. The Kier molecular flexibility index (Phi) is 8.45. The van der Waals surface area contributed by atoms with Crippen LogP contribution in [0.2, 0.25) is 0 Å². The molecule has 102 valence electrons. The Morgan fingerprint density at radius 2 is 1.83 bits per heavy atom. The first-order valence-corrected chi connectivity index (χ1v) is 6.10. The summed E-state index contributed by atoms with van der Waals surface area (Å²) in [6.45, 7) is 7.34. The molecule has 4 nitrogen and oxygen atoms in total. The summed E-state index contributed by atoms with van der Waals surface area (Å²) in [6.07, 6.45) is 0.441. The van der Waals surface area contributed by atoms with E-state index in [2.05, 4.69) is 39.0 Å². The molecule has 0 aliphatic rings. The first-order valence-electron chi connectivity index (χ1n) is 6.10. The summed E-state index contributed by atoms with van der Waals surface area (Å²) in [4.78, 5) is 8.56. The fourth-order valence-corrected chi connectivity index (χ4v) is 1.38. The number of aryl methyl sites for hydroxylation is 1. The van der Waals surface area contributed by atoms with Crippen molar-refractivity contribution in [1.82, 2.24) is 0 Å². The molecule has 4 heteroatoms. The minimum absolute atomic E-state index is 0.588. The lowest BCUT2D eigenvalue weighted by atomic mass is 10.1. The molecule has 0 aromatic heterocycles. The highest BCUT2D eigenvalue weighted by Crippen LogP contribution is 2.19. The molecule has 0 unspecified atom stereocenters. The van der Waals surface area contributed by atoms with Crippen LogP contribution in [0.1, 0.15) is 32.8 Å². The van der Waals surface area contributed by atoms with Gasteiger partial charge in [0.2, 0.25) is 0 Å². The van der Waals surface area contributed by atoms with Gasteiger partial charge in [0.15, 0.2) is 0 Å². The highest BCUT2D eigenvalue weighted by molar-refractivity contribution is 5.53. The van der Waals surface area contributed by atoms with Crippen molar-refractivity contribution in [3.05, 3.63) is 29.8 Å². The van der Waals surface area contributed by atoms with Gasteiger partial charge in [-0.25, -0.2) is 4.79 Å². The van der Waals surface area contributed by atoms with Crippen molar-refractivity contribution in [3.63, 3.8) is 0 Å². The fraction of sp³-hybridized carbons (Fsp3) is 0.500. The Balaban J connectivity index is 0.000000631. The van der Waals surface area contributed by atoms with Crippen LogP contribution < -0.4 is 4.74 Å². The van der Waals surface area contributed by atoms with Gasteiger partial charge in [-0.05, 0) is 24.0 Å². The van der Waals surface area contributed by atoms with E-state index in [1.165, 1.54) is 12.0 Å². The van der Waals surface area contributed by atoms with Crippen LogP contribution >= 0.6 is 0 Å². The molecule has 0 bridgehead atoms. The molecule has 0 saturated heterocycles. The van der Waals surface area contributed by atoms with Gasteiger partial charge >= 0.3 is 6.16 Å². The molecule has 0 saturated carbocycles. The number of rotatable bonds is 5. The Morgan fingerprint density at radius 1 is 1.28 bits per heavy atom. The molecule has 0 radical (unpaired) electrons. The maximum absolute atomic E-state index is 8.56. The van der Waals surface area contributed by atoms with Crippen LogP contribution in [0.5, 0.6) is 5.75 Å². The number of carboxylic acid groups (broad SMARTS) is 2. The van der Waals surface area contributed by atoms with Crippen molar-refractivity contribution >= 4 is 6.16 Å². The lowest BCUT2D eigenvalue weighted by molar-refractivity contribution is 0.137. The van der Waals surface area contributed by atoms with Crippen LogP contribution in [0.3, 0.4) is 0 Å². The zero-order valence-corrected chi connectivity index (χ0v) is 11.2. The second-order valence-electron chi connectivity index (χ2n) is 4.35. The molecular weight excluding hydrogens is 232 g/mol. The Labute approximate surface area is 108 Å². The summed E-state index contributed by atoms with van der Waals surface area (Å²) in [7, 11) is 0. The minimum Gasteiger partial charge on any atom is -0.493 e. The van der Waals surface area contributed by atoms with E-state index in [-0.39, 0.29) is 0 Å². The van der Waals surface area contributed by atoms with Gasteiger partial charge in [-0.3, -0.25) is 0 Å². The van der Waals surface area contributed by atoms with Gasteiger partial charge in [0.25, 0.3) is 0 Å². The molecule has 0 fully saturated rings. The summed E-state index contributed by atoms with van der Waals surface area (Å²) < 4.78 is 5.75. The molecule has 0 amide bonds. The third-order valence-electron chi connectivity index (χ3n) is 2.06. The van der Waals surface area contributed by atoms with Gasteiger partial charge in [-0.2, -0.15) is 0 Å². The third-order valence-corrected chi connectivity index (χ3v) is 2.06. The molecule has 0 aliphatic heterocycles. The highest BCUT2D eigenvalue weighted by atomic mass is 16.6. The van der Waals surface area contributed by atoms with Gasteiger partial charge in [0, 0.05) is 0 Å². The molecule has 18 heavy (non-hydrogen) atoms. The second kappa shape index (κ2) is 9.33. The van der Waals surface area contributed by atoms with Crippen LogP contribution in [0.25, 0.3) is 0 Å². The van der Waals surface area contributed by atoms with Gasteiger partial charge < -0.3 is 14.9 Å². The van der Waals surface area contributed by atoms with E-state index < -0.39 is 6.16 Å². The van der Waals surface area contributed by atoms with E-state index in [1.54, 1.807) is 0 Å². The summed E-state index contributed by atoms with van der Waals surface area (Å²) >= 11 is 0. The summed E-state index contributed by atoms with van der Waals surface area (Å²) in [5, 5.41) is 13.9. The predicted octanol–water partition coefficient (Wildman–Crippen LogP) is 3.90. The van der Waals surface area contributed by atoms with E-state index in [1.807, 2.05) is 6.07 Å². The minimum atomic E-state index is -1.83. The number of carbonyl (C=O) groups is 1. The van der Waals surface area contributed by atoms with E-state index >= 15 is 0 Å². The number of hydrogen-bond acceptors (Lipinski definition) is 2. The molecule has 1 aromatic carbocycles. The molecule has 0 spiro atoms. The van der Waals surface area contributed by atoms with E-state index in [0.29, 0.717) is 5.92 Å². The fourth-order valence-electron chi connectivity index (χ4n) is 1.38. The monoisotopic (exact) mass is 254 g/mol. The first kappa shape index (κ1) is 16.3. The molecule has 1 rings (SSSR count). The van der Waals surface area contributed by atoms with Crippen molar-refractivity contribution in [2.24, 2.45) is 5.92 Å². The quantitative estimate of drug-likeness (QED) is 0.836. The third kappa shape index (κ3) is 8.44. The average molecular weight is 254 g/mol. The van der Waals surface area contributed by atoms with Crippen LogP contribution in [-0.4, -0.2) is 23.0 Å². The number of hydrogen-bond donors (Lipinski definition) is 2. The zero-order chi connectivity index (χ0) is 14.0. The second-order valence-corrected chi connectivity index (χ2v) is 4.35. The van der Waals surface area contributed by atoms with Crippen LogP contribution in [-0.2, 0) is 6.42 Å². The van der Waals surface area contributed by atoms with Crippen LogP contribution in [0.4, 0.5) is 4.79 Å². The van der Waals surface area contributed by atoms with Gasteiger partial charge in [-0.15, -0.1) is 0 Å². The topological polar surface area (TPSA) is 66.8 Å². The van der Waals surface area contributed by atoms with E-state index in [0.717, 1.165) is 18.8 Å². The Hall–Kier alpha value is -1.71. The highest BCUT2D eigenvalue weighted by Gasteiger charge is 2.02. The van der Waals surface area contributed by atoms with E-state index in [4.69, 9.17) is 19.7 Å². The maximum Gasteiger partial charge on any atom is 0.503 e. The van der Waals surface area contributed by atoms with E-state index in [9.17, 15) is 0 Å². The smallest absolute Gasteiger partial charge is 0.493 e. The Bertz CT molecular complexity index is 343. The molecule has 0 aliphatic carbocycles.